The first-order chi connectivity index (χ1) is 7.92. The molecule has 0 spiro atoms. The van der Waals surface area contributed by atoms with E-state index < -0.39 is 0 Å². The molecule has 1 aromatic carbocycles. The summed E-state index contributed by atoms with van der Waals surface area (Å²) in [5, 5.41) is 16.5. The number of hydrogen-bond donors (Lipinski definition) is 2. The number of aromatic hydroxyl groups is 1. The van der Waals surface area contributed by atoms with Gasteiger partial charge in [-0.1, -0.05) is 0 Å². The molecule has 0 atom stereocenters. The first-order valence-electron chi connectivity index (χ1n) is 5.16. The first kappa shape index (κ1) is 13.0. The summed E-state index contributed by atoms with van der Waals surface area (Å²) in [5.41, 5.74) is 0.625. The monoisotopic (exact) mass is 236 g/mol. The van der Waals surface area contributed by atoms with Crippen molar-refractivity contribution in [2.45, 2.75) is 26.4 Å². The largest absolute Gasteiger partial charge is 0.508 e. The molecule has 2 N–H and O–H groups in total. The molecule has 5 heteroatoms. The van der Waals surface area contributed by atoms with Gasteiger partial charge < -0.3 is 9.84 Å². The number of carbonyl (C=O) groups excluding carboxylic acids is 1. The third-order valence-electron chi connectivity index (χ3n) is 1.83. The molecular formula is C12H16N2O3. The Labute approximate surface area is 99.4 Å². The molecule has 1 aromatic heterocycles. The van der Waals surface area contributed by atoms with E-state index in [2.05, 4.69) is 14.9 Å². The van der Waals surface area contributed by atoms with Gasteiger partial charge in [0, 0.05) is 5.39 Å². The predicted octanol–water partition coefficient (Wildman–Crippen LogP) is 2.23. The van der Waals surface area contributed by atoms with E-state index in [0.717, 1.165) is 10.9 Å². The van der Waals surface area contributed by atoms with Crippen LogP contribution >= 0.6 is 0 Å². The first-order valence-corrected chi connectivity index (χ1v) is 5.16. The van der Waals surface area contributed by atoms with Crippen molar-refractivity contribution in [1.29, 1.82) is 0 Å². The molecule has 0 aliphatic rings. The number of nitrogens with one attached hydrogen (secondary N) is 1. The molecule has 2 rings (SSSR count). The molecule has 0 aliphatic heterocycles. The zero-order valence-electron chi connectivity index (χ0n) is 10.1. The summed E-state index contributed by atoms with van der Waals surface area (Å²) in [6.45, 7) is 5.92. The summed E-state index contributed by atoms with van der Waals surface area (Å²) in [7, 11) is 0. The van der Waals surface area contributed by atoms with E-state index in [-0.39, 0.29) is 11.4 Å². The maximum atomic E-state index is 9.60. The quantitative estimate of drug-likeness (QED) is 0.744. The number of rotatable bonds is 1. The molecule has 0 saturated heterocycles. The van der Waals surface area contributed by atoms with Gasteiger partial charge in [0.1, 0.15) is 11.4 Å². The number of benzene rings is 1. The average Bonchev–Trinajstić information content (AvgIpc) is 2.63. The van der Waals surface area contributed by atoms with Crippen LogP contribution in [0.3, 0.4) is 0 Å². The van der Waals surface area contributed by atoms with Crippen LogP contribution in [0.4, 0.5) is 0 Å². The highest BCUT2D eigenvalue weighted by atomic mass is 16.5. The van der Waals surface area contributed by atoms with E-state index in [4.69, 9.17) is 5.11 Å². The Kier molecular flexibility index (Phi) is 4.09. The van der Waals surface area contributed by atoms with Crippen LogP contribution in [0.5, 0.6) is 5.75 Å². The van der Waals surface area contributed by atoms with Crippen molar-refractivity contribution in [3.05, 3.63) is 24.4 Å². The highest BCUT2D eigenvalue weighted by Crippen LogP contribution is 2.16. The van der Waals surface area contributed by atoms with Crippen molar-refractivity contribution >= 4 is 17.4 Å². The maximum Gasteiger partial charge on any atom is 0.293 e. The number of phenolic OH excluding ortho intramolecular Hbond substituents is 1. The van der Waals surface area contributed by atoms with Gasteiger partial charge in [0.05, 0.1) is 11.7 Å². The van der Waals surface area contributed by atoms with Crippen molar-refractivity contribution in [2.24, 2.45) is 0 Å². The minimum Gasteiger partial charge on any atom is -0.508 e. The van der Waals surface area contributed by atoms with Crippen LogP contribution in [0.25, 0.3) is 10.9 Å². The molecule has 0 radical (unpaired) electrons. The van der Waals surface area contributed by atoms with Gasteiger partial charge in [-0.15, -0.1) is 0 Å². The number of nitrogens with zero attached hydrogens (tertiary/aromatic N) is 1. The summed E-state index contributed by atoms with van der Waals surface area (Å²) < 4.78 is 4.55. The van der Waals surface area contributed by atoms with Gasteiger partial charge in [-0.3, -0.25) is 9.89 Å². The number of hydrogen-bond acceptors (Lipinski definition) is 4. The summed E-state index contributed by atoms with van der Waals surface area (Å²) in [4.78, 5) is 9.60. The molecule has 17 heavy (non-hydrogen) atoms. The van der Waals surface area contributed by atoms with Crippen molar-refractivity contribution in [2.75, 3.05) is 0 Å². The number of H-pyrrole nitrogens is 1. The van der Waals surface area contributed by atoms with Gasteiger partial charge in [0.25, 0.3) is 6.47 Å². The fraction of sp³-hybridized carbons (Fsp3) is 0.333. The van der Waals surface area contributed by atoms with Gasteiger partial charge in [-0.25, -0.2) is 0 Å². The Balaban J connectivity index is 0.000000185. The molecule has 5 nitrogen and oxygen atoms in total. The Hall–Kier alpha value is -2.04. The van der Waals surface area contributed by atoms with Crippen LogP contribution in [0.1, 0.15) is 20.8 Å². The highest BCUT2D eigenvalue weighted by molar-refractivity contribution is 5.79. The van der Waals surface area contributed by atoms with E-state index in [1.807, 2.05) is 20.8 Å². The van der Waals surface area contributed by atoms with E-state index >= 15 is 0 Å². The van der Waals surface area contributed by atoms with Crippen LogP contribution in [0.2, 0.25) is 0 Å². The van der Waals surface area contributed by atoms with Crippen molar-refractivity contribution in [1.82, 2.24) is 10.2 Å². The lowest BCUT2D eigenvalue weighted by molar-refractivity contribution is -0.138. The maximum absolute atomic E-state index is 9.60. The molecule has 0 amide bonds. The van der Waals surface area contributed by atoms with Gasteiger partial charge in [0.2, 0.25) is 0 Å². The number of phenols is 1. The smallest absolute Gasteiger partial charge is 0.293 e. The Bertz CT molecular complexity index is 486. The molecule has 92 valence electrons. The third kappa shape index (κ3) is 4.55. The standard InChI is InChI=1S/C7H6N2O.C5H10O2/c10-6-1-2-7-5(3-6)4-8-9-7;1-5(2,3)7-4-6/h1-4,10H,(H,8,9);4H,1-3H3. The normalized spacial score (nSPS) is 10.5. The lowest BCUT2D eigenvalue weighted by Crippen LogP contribution is -2.17. The molecule has 0 bridgehead atoms. The summed E-state index contributed by atoms with van der Waals surface area (Å²) in [6.07, 6.45) is 1.68. The zero-order chi connectivity index (χ0) is 12.9. The molecule has 0 saturated carbocycles. The Morgan fingerprint density at radius 1 is 1.41 bits per heavy atom. The molecule has 0 aliphatic carbocycles. The van der Waals surface area contributed by atoms with Crippen molar-refractivity contribution in [3.8, 4) is 5.75 Å². The number of carbonyl (C=O) groups is 1. The van der Waals surface area contributed by atoms with Crippen LogP contribution in [-0.2, 0) is 9.53 Å². The topological polar surface area (TPSA) is 75.2 Å². The zero-order valence-corrected chi connectivity index (χ0v) is 10.1. The average molecular weight is 236 g/mol. The molecular weight excluding hydrogens is 220 g/mol. The molecule has 2 aromatic rings. The SMILES string of the molecule is CC(C)(C)OC=O.Oc1ccc2[nH]ncc2c1. The van der Waals surface area contributed by atoms with Crippen LogP contribution in [-0.4, -0.2) is 27.4 Å². The second kappa shape index (κ2) is 5.34. The van der Waals surface area contributed by atoms with E-state index in [1.165, 1.54) is 0 Å². The van der Waals surface area contributed by atoms with E-state index in [9.17, 15) is 4.79 Å². The van der Waals surface area contributed by atoms with E-state index in [1.54, 1.807) is 24.4 Å². The second-order valence-electron chi connectivity index (χ2n) is 4.47. The minimum atomic E-state index is -0.318. The number of fused-ring (bicyclic) bond motifs is 1. The lowest BCUT2D eigenvalue weighted by Gasteiger charge is -2.14. The number of aromatic amines is 1. The van der Waals surface area contributed by atoms with Crippen LogP contribution < -0.4 is 0 Å². The number of ether oxygens (including phenoxy) is 1. The van der Waals surface area contributed by atoms with Crippen molar-refractivity contribution in [3.63, 3.8) is 0 Å². The highest BCUT2D eigenvalue weighted by Gasteiger charge is 2.07. The lowest BCUT2D eigenvalue weighted by atomic mass is 10.2. The summed E-state index contributed by atoms with van der Waals surface area (Å²) in [6, 6.07) is 5.08. The van der Waals surface area contributed by atoms with Crippen LogP contribution in [0, 0.1) is 0 Å². The van der Waals surface area contributed by atoms with Crippen LogP contribution in [0.15, 0.2) is 24.4 Å². The second-order valence-corrected chi connectivity index (χ2v) is 4.47. The van der Waals surface area contributed by atoms with Gasteiger partial charge in [-0.05, 0) is 39.0 Å². The minimum absolute atomic E-state index is 0.272. The molecule has 0 unspecified atom stereocenters. The van der Waals surface area contributed by atoms with Gasteiger partial charge in [0.15, 0.2) is 0 Å². The Morgan fingerprint density at radius 2 is 2.12 bits per heavy atom. The van der Waals surface area contributed by atoms with Gasteiger partial charge in [-0.2, -0.15) is 5.10 Å². The predicted molar refractivity (Wildman–Crippen MR) is 64.7 cm³/mol. The fourth-order valence-corrected chi connectivity index (χ4v) is 1.07. The fourth-order valence-electron chi connectivity index (χ4n) is 1.07. The number of aromatic nitrogens is 2. The van der Waals surface area contributed by atoms with E-state index in [0.29, 0.717) is 6.47 Å². The Morgan fingerprint density at radius 3 is 2.65 bits per heavy atom. The van der Waals surface area contributed by atoms with Gasteiger partial charge >= 0.3 is 0 Å². The summed E-state index contributed by atoms with van der Waals surface area (Å²) in [5.74, 6) is 0.272. The van der Waals surface area contributed by atoms with Crippen molar-refractivity contribution < 1.29 is 14.6 Å². The summed E-state index contributed by atoms with van der Waals surface area (Å²) >= 11 is 0. The third-order valence-corrected chi connectivity index (χ3v) is 1.83. The molecule has 0 fully saturated rings. The molecule has 1 heterocycles.